The molecule has 1 N–H and O–H groups in total. The number of nitrogens with zero attached hydrogens (tertiary/aromatic N) is 2. The van der Waals surface area contributed by atoms with Gasteiger partial charge < -0.3 is 24.4 Å². The van der Waals surface area contributed by atoms with Gasteiger partial charge in [0.2, 0.25) is 6.79 Å². The first-order valence-corrected chi connectivity index (χ1v) is 10.4. The third kappa shape index (κ3) is 5.29. The second kappa shape index (κ2) is 9.16. The van der Waals surface area contributed by atoms with Crippen LogP contribution in [-0.2, 0) is 20.5 Å². The zero-order valence-electron chi connectivity index (χ0n) is 17.7. The number of benzene rings is 1. The summed E-state index contributed by atoms with van der Waals surface area (Å²) < 4.78 is 53.9. The summed E-state index contributed by atoms with van der Waals surface area (Å²) in [6.07, 6.45) is -3.75. The molecule has 1 amide bonds. The molecule has 0 saturated carbocycles. The summed E-state index contributed by atoms with van der Waals surface area (Å²) in [6.45, 7) is 2.49. The number of piperidine rings is 1. The lowest BCUT2D eigenvalue weighted by Gasteiger charge is -2.32. The number of carbonyl (C=O) groups excluding carboxylic acids is 2. The van der Waals surface area contributed by atoms with Gasteiger partial charge in [-0.1, -0.05) is 0 Å². The molecule has 2 aliphatic rings. The standard InChI is InChI=1S/C22H22F3N3O5/c1-13(20(29)27-16-3-4-17-18(10-16)32-12-31-17)33-21(30)14-6-8-28(9-7-14)19-5-2-15(11-26-19)22(23,24)25/h2-5,10-11,13-14H,6-9,12H2,1H3,(H,27,29)/t13-/m0/s1. The van der Waals surface area contributed by atoms with Crippen LogP contribution in [0, 0.1) is 5.92 Å². The fourth-order valence-corrected chi connectivity index (χ4v) is 3.63. The van der Waals surface area contributed by atoms with E-state index < -0.39 is 35.6 Å². The van der Waals surface area contributed by atoms with E-state index in [2.05, 4.69) is 10.3 Å². The number of nitrogens with one attached hydrogen (secondary N) is 1. The summed E-state index contributed by atoms with van der Waals surface area (Å²) in [7, 11) is 0. The van der Waals surface area contributed by atoms with Gasteiger partial charge in [-0.15, -0.1) is 0 Å². The Balaban J connectivity index is 1.26. The van der Waals surface area contributed by atoms with Crippen LogP contribution in [0.2, 0.25) is 0 Å². The highest BCUT2D eigenvalue weighted by Crippen LogP contribution is 2.34. The predicted octanol–water partition coefficient (Wildman–Crippen LogP) is 3.62. The molecule has 1 aromatic heterocycles. The van der Waals surface area contributed by atoms with Crippen LogP contribution in [0.25, 0.3) is 0 Å². The highest BCUT2D eigenvalue weighted by atomic mass is 19.4. The first-order chi connectivity index (χ1) is 15.7. The number of alkyl halides is 3. The van der Waals surface area contributed by atoms with E-state index in [0.29, 0.717) is 48.9 Å². The molecule has 1 fully saturated rings. The number of pyridine rings is 1. The highest BCUT2D eigenvalue weighted by molar-refractivity contribution is 5.95. The quantitative estimate of drug-likeness (QED) is 0.675. The Morgan fingerprint density at radius 1 is 1.15 bits per heavy atom. The first kappa shape index (κ1) is 22.7. The molecule has 0 spiro atoms. The molecule has 2 aliphatic heterocycles. The first-order valence-electron chi connectivity index (χ1n) is 10.4. The van der Waals surface area contributed by atoms with Crippen molar-refractivity contribution in [2.45, 2.75) is 32.0 Å². The zero-order valence-corrected chi connectivity index (χ0v) is 17.7. The van der Waals surface area contributed by atoms with Crippen molar-refractivity contribution < 1.29 is 37.0 Å². The summed E-state index contributed by atoms with van der Waals surface area (Å²) in [5, 5.41) is 2.68. The van der Waals surface area contributed by atoms with Gasteiger partial charge in [0.15, 0.2) is 17.6 Å². The molecule has 11 heteroatoms. The zero-order chi connectivity index (χ0) is 23.6. The smallest absolute Gasteiger partial charge is 0.417 e. The van der Waals surface area contributed by atoms with Gasteiger partial charge in [0.1, 0.15) is 5.82 Å². The lowest BCUT2D eigenvalue weighted by Crippen LogP contribution is -2.39. The largest absolute Gasteiger partial charge is 0.454 e. The Bertz CT molecular complexity index is 1020. The number of carbonyl (C=O) groups is 2. The summed E-state index contributed by atoms with van der Waals surface area (Å²) in [4.78, 5) is 30.6. The van der Waals surface area contributed by atoms with Gasteiger partial charge >= 0.3 is 12.1 Å². The van der Waals surface area contributed by atoms with Crippen molar-refractivity contribution in [1.29, 1.82) is 0 Å². The second-order valence-electron chi connectivity index (χ2n) is 7.80. The fourth-order valence-electron chi connectivity index (χ4n) is 3.63. The average Bonchev–Trinajstić information content (AvgIpc) is 3.26. The highest BCUT2D eigenvalue weighted by Gasteiger charge is 2.32. The minimum atomic E-state index is -4.44. The fraction of sp³-hybridized carbons (Fsp3) is 0.409. The van der Waals surface area contributed by atoms with Crippen molar-refractivity contribution in [1.82, 2.24) is 4.98 Å². The van der Waals surface area contributed by atoms with Crippen molar-refractivity contribution in [3.8, 4) is 11.5 Å². The van der Waals surface area contributed by atoms with Gasteiger partial charge in [-0.2, -0.15) is 13.2 Å². The summed E-state index contributed by atoms with van der Waals surface area (Å²) in [5.74, 6) is 0.164. The van der Waals surface area contributed by atoms with Crippen molar-refractivity contribution in [2.24, 2.45) is 5.92 Å². The normalized spacial score (nSPS) is 16.9. The third-order valence-electron chi connectivity index (χ3n) is 5.53. The number of ether oxygens (including phenoxy) is 3. The number of esters is 1. The molecule has 0 bridgehead atoms. The second-order valence-corrected chi connectivity index (χ2v) is 7.80. The molecule has 8 nitrogen and oxygen atoms in total. The maximum absolute atomic E-state index is 12.7. The molecule has 3 heterocycles. The van der Waals surface area contributed by atoms with E-state index in [-0.39, 0.29) is 6.79 Å². The Hall–Kier alpha value is -3.50. The van der Waals surface area contributed by atoms with Crippen molar-refractivity contribution in [3.05, 3.63) is 42.1 Å². The Morgan fingerprint density at radius 2 is 1.88 bits per heavy atom. The van der Waals surface area contributed by atoms with Crippen LogP contribution < -0.4 is 19.7 Å². The van der Waals surface area contributed by atoms with E-state index in [9.17, 15) is 22.8 Å². The van der Waals surface area contributed by atoms with Crippen LogP contribution in [0.15, 0.2) is 36.5 Å². The molecule has 2 aromatic rings. The number of hydrogen-bond donors (Lipinski definition) is 1. The van der Waals surface area contributed by atoms with E-state index in [0.717, 1.165) is 12.3 Å². The van der Waals surface area contributed by atoms with E-state index in [1.54, 1.807) is 18.2 Å². The average molecular weight is 465 g/mol. The van der Waals surface area contributed by atoms with Crippen LogP contribution in [0.3, 0.4) is 0 Å². The number of anilines is 2. The minimum absolute atomic E-state index is 0.120. The Kier molecular flexibility index (Phi) is 6.30. The van der Waals surface area contributed by atoms with Crippen LogP contribution >= 0.6 is 0 Å². The number of amides is 1. The summed E-state index contributed by atoms with van der Waals surface area (Å²) >= 11 is 0. The molecular weight excluding hydrogens is 443 g/mol. The van der Waals surface area contributed by atoms with Crippen molar-refractivity contribution in [2.75, 3.05) is 30.1 Å². The molecule has 0 unspecified atom stereocenters. The number of rotatable bonds is 5. The summed E-state index contributed by atoms with van der Waals surface area (Å²) in [6, 6.07) is 7.27. The molecule has 1 atom stereocenters. The lowest BCUT2D eigenvalue weighted by atomic mass is 9.97. The lowest BCUT2D eigenvalue weighted by molar-refractivity contribution is -0.158. The van der Waals surface area contributed by atoms with Gasteiger partial charge in [-0.05, 0) is 44.0 Å². The molecule has 1 saturated heterocycles. The molecule has 0 aliphatic carbocycles. The van der Waals surface area contributed by atoms with E-state index in [1.807, 2.05) is 4.90 Å². The van der Waals surface area contributed by atoms with Crippen molar-refractivity contribution >= 4 is 23.4 Å². The van der Waals surface area contributed by atoms with Gasteiger partial charge in [0.05, 0.1) is 11.5 Å². The van der Waals surface area contributed by atoms with Crippen LogP contribution in [-0.4, -0.2) is 42.8 Å². The van der Waals surface area contributed by atoms with E-state index in [1.165, 1.54) is 13.0 Å². The van der Waals surface area contributed by atoms with Crippen LogP contribution in [0.1, 0.15) is 25.3 Å². The van der Waals surface area contributed by atoms with Gasteiger partial charge in [0, 0.05) is 31.0 Å². The van der Waals surface area contributed by atoms with Crippen molar-refractivity contribution in [3.63, 3.8) is 0 Å². The minimum Gasteiger partial charge on any atom is -0.454 e. The third-order valence-corrected chi connectivity index (χ3v) is 5.53. The number of hydrogen-bond acceptors (Lipinski definition) is 7. The molecular formula is C22H22F3N3O5. The van der Waals surface area contributed by atoms with Crippen LogP contribution in [0.4, 0.5) is 24.7 Å². The summed E-state index contributed by atoms with van der Waals surface area (Å²) in [5.41, 5.74) is -0.317. The monoisotopic (exact) mass is 465 g/mol. The van der Waals surface area contributed by atoms with E-state index in [4.69, 9.17) is 14.2 Å². The van der Waals surface area contributed by atoms with Gasteiger partial charge in [-0.25, -0.2) is 4.98 Å². The maximum atomic E-state index is 12.7. The topological polar surface area (TPSA) is 90.0 Å². The van der Waals surface area contributed by atoms with Crippen LogP contribution in [0.5, 0.6) is 11.5 Å². The van der Waals surface area contributed by atoms with E-state index >= 15 is 0 Å². The molecule has 1 aromatic carbocycles. The molecule has 33 heavy (non-hydrogen) atoms. The SMILES string of the molecule is C[C@H](OC(=O)C1CCN(c2ccc(C(F)(F)F)cn2)CC1)C(=O)Nc1ccc2c(c1)OCO2. The Morgan fingerprint density at radius 3 is 2.55 bits per heavy atom. The maximum Gasteiger partial charge on any atom is 0.417 e. The van der Waals surface area contributed by atoms with Gasteiger partial charge in [-0.3, -0.25) is 9.59 Å². The molecule has 176 valence electrons. The number of aromatic nitrogens is 1. The molecule has 0 radical (unpaired) electrons. The predicted molar refractivity (Wildman–Crippen MR) is 111 cm³/mol. The Labute approximate surface area is 187 Å². The number of fused-ring (bicyclic) bond motifs is 1. The van der Waals surface area contributed by atoms with Gasteiger partial charge in [0.25, 0.3) is 5.91 Å². The molecule has 4 rings (SSSR count). The number of halogens is 3.